The minimum atomic E-state index is -0.658. The first-order valence-corrected chi connectivity index (χ1v) is 7.25. The molecule has 0 fully saturated rings. The second-order valence-corrected chi connectivity index (χ2v) is 5.24. The van der Waals surface area contributed by atoms with E-state index in [1.54, 1.807) is 24.3 Å². The first-order valence-electron chi connectivity index (χ1n) is 7.25. The van der Waals surface area contributed by atoms with Crippen molar-refractivity contribution in [3.8, 4) is 11.5 Å². The summed E-state index contributed by atoms with van der Waals surface area (Å²) >= 11 is 0. The lowest BCUT2D eigenvalue weighted by molar-refractivity contribution is -0.384. The quantitative estimate of drug-likeness (QED) is 0.494. The number of hydrogen-bond donors (Lipinski definition) is 2. The fourth-order valence-electron chi connectivity index (χ4n) is 2.40. The minimum Gasteiger partial charge on any atom is -0.506 e. The normalized spacial score (nSPS) is 13.0. The molecule has 0 unspecified atom stereocenters. The van der Waals surface area contributed by atoms with E-state index in [0.29, 0.717) is 11.4 Å². The highest BCUT2D eigenvalue weighted by atomic mass is 16.6. The Morgan fingerprint density at radius 2 is 2.08 bits per heavy atom. The van der Waals surface area contributed by atoms with Crippen molar-refractivity contribution in [1.29, 1.82) is 0 Å². The number of carbonyl (C=O) groups excluding carboxylic acids is 2. The monoisotopic (exact) mass is 343 g/mol. The Hall–Kier alpha value is -3.62. The van der Waals surface area contributed by atoms with Gasteiger partial charge in [0, 0.05) is 6.07 Å². The van der Waals surface area contributed by atoms with Crippen LogP contribution in [0, 0.1) is 10.1 Å². The first-order chi connectivity index (χ1) is 12.0. The molecule has 0 saturated heterocycles. The van der Waals surface area contributed by atoms with Crippen LogP contribution in [-0.2, 0) is 9.59 Å². The summed E-state index contributed by atoms with van der Waals surface area (Å²) in [5.74, 6) is -0.875. The second kappa shape index (κ2) is 6.48. The van der Waals surface area contributed by atoms with Gasteiger partial charge in [0.25, 0.3) is 11.6 Å². The Labute approximate surface area is 141 Å². The number of anilines is 2. The number of nitrogens with zero attached hydrogens (tertiary/aromatic N) is 2. The predicted molar refractivity (Wildman–Crippen MR) is 87.7 cm³/mol. The zero-order valence-electron chi connectivity index (χ0n) is 12.8. The van der Waals surface area contributed by atoms with Crippen LogP contribution in [0.4, 0.5) is 17.1 Å². The standard InChI is InChI=1S/C16H13N3O6/c20-13-7-10(19(23)24)5-6-11(13)17-15(21)8-18-12-3-1-2-4-14(12)25-9-16(18)22/h1-7,20H,8-9H2,(H,17,21). The van der Waals surface area contributed by atoms with Crippen molar-refractivity contribution in [2.75, 3.05) is 23.4 Å². The Kier molecular flexibility index (Phi) is 4.21. The average molecular weight is 343 g/mol. The van der Waals surface area contributed by atoms with Crippen LogP contribution in [-0.4, -0.2) is 35.0 Å². The van der Waals surface area contributed by atoms with Gasteiger partial charge in [0.2, 0.25) is 5.91 Å². The SMILES string of the molecule is O=C(CN1C(=O)COc2ccccc21)Nc1ccc([N+](=O)[O-])cc1O. The summed E-state index contributed by atoms with van der Waals surface area (Å²) in [7, 11) is 0. The molecule has 128 valence electrons. The van der Waals surface area contributed by atoms with Crippen molar-refractivity contribution in [2.45, 2.75) is 0 Å². The van der Waals surface area contributed by atoms with Crippen LogP contribution in [0.1, 0.15) is 0 Å². The van der Waals surface area contributed by atoms with Gasteiger partial charge in [-0.2, -0.15) is 0 Å². The third kappa shape index (κ3) is 3.34. The average Bonchev–Trinajstić information content (AvgIpc) is 2.59. The van der Waals surface area contributed by atoms with Crippen LogP contribution in [0.5, 0.6) is 11.5 Å². The van der Waals surface area contributed by atoms with E-state index in [0.717, 1.165) is 12.1 Å². The molecular formula is C16H13N3O6. The summed E-state index contributed by atoms with van der Waals surface area (Å²) in [6.07, 6.45) is 0. The van der Waals surface area contributed by atoms with Crippen LogP contribution in [0.25, 0.3) is 0 Å². The Balaban J connectivity index is 1.75. The number of rotatable bonds is 4. The highest BCUT2D eigenvalue weighted by Crippen LogP contribution is 2.32. The van der Waals surface area contributed by atoms with Crippen molar-refractivity contribution in [3.63, 3.8) is 0 Å². The number of nitrogens with one attached hydrogen (secondary N) is 1. The van der Waals surface area contributed by atoms with Crippen molar-refractivity contribution in [3.05, 3.63) is 52.6 Å². The number of nitro groups is 1. The number of ether oxygens (including phenoxy) is 1. The minimum absolute atomic E-state index is 0.0181. The van der Waals surface area contributed by atoms with E-state index in [9.17, 15) is 24.8 Å². The second-order valence-electron chi connectivity index (χ2n) is 5.24. The van der Waals surface area contributed by atoms with Crippen molar-refractivity contribution >= 4 is 28.9 Å². The van der Waals surface area contributed by atoms with E-state index < -0.39 is 16.6 Å². The molecule has 3 rings (SSSR count). The molecular weight excluding hydrogens is 330 g/mol. The highest BCUT2D eigenvalue weighted by molar-refractivity contribution is 6.05. The maximum atomic E-state index is 12.2. The number of para-hydroxylation sites is 2. The number of phenols is 1. The van der Waals surface area contributed by atoms with Crippen LogP contribution < -0.4 is 15.0 Å². The topological polar surface area (TPSA) is 122 Å². The van der Waals surface area contributed by atoms with Gasteiger partial charge in [-0.25, -0.2) is 0 Å². The van der Waals surface area contributed by atoms with E-state index in [4.69, 9.17) is 4.74 Å². The smallest absolute Gasteiger partial charge is 0.273 e. The van der Waals surface area contributed by atoms with Crippen LogP contribution >= 0.6 is 0 Å². The maximum Gasteiger partial charge on any atom is 0.273 e. The lowest BCUT2D eigenvalue weighted by Gasteiger charge is -2.28. The summed E-state index contributed by atoms with van der Waals surface area (Å²) in [5.41, 5.74) is 0.194. The molecule has 0 aliphatic carbocycles. The number of phenolic OH excluding ortho intramolecular Hbond substituents is 1. The molecule has 0 bridgehead atoms. The van der Waals surface area contributed by atoms with Gasteiger partial charge in [0.15, 0.2) is 6.61 Å². The lowest BCUT2D eigenvalue weighted by Crippen LogP contribution is -2.43. The number of non-ortho nitro benzene ring substituents is 1. The highest BCUT2D eigenvalue weighted by Gasteiger charge is 2.27. The van der Waals surface area contributed by atoms with Crippen molar-refractivity contribution in [1.82, 2.24) is 0 Å². The molecule has 0 radical (unpaired) electrons. The van der Waals surface area contributed by atoms with Crippen LogP contribution in [0.3, 0.4) is 0 Å². The summed E-state index contributed by atoms with van der Waals surface area (Å²) in [4.78, 5) is 35.5. The van der Waals surface area contributed by atoms with Crippen LogP contribution in [0.15, 0.2) is 42.5 Å². The number of benzene rings is 2. The predicted octanol–water partition coefficient (Wildman–Crippen LogP) is 1.66. The van der Waals surface area contributed by atoms with Gasteiger partial charge in [-0.05, 0) is 18.2 Å². The van der Waals surface area contributed by atoms with Crippen LogP contribution in [0.2, 0.25) is 0 Å². The largest absolute Gasteiger partial charge is 0.506 e. The molecule has 1 aliphatic rings. The number of amides is 2. The van der Waals surface area contributed by atoms with E-state index in [1.165, 1.54) is 11.0 Å². The van der Waals surface area contributed by atoms with Crippen molar-refractivity contribution in [2.24, 2.45) is 0 Å². The van der Waals surface area contributed by atoms with E-state index in [-0.39, 0.29) is 30.4 Å². The zero-order valence-corrected chi connectivity index (χ0v) is 12.8. The van der Waals surface area contributed by atoms with Gasteiger partial charge in [0.05, 0.1) is 22.4 Å². The fraction of sp³-hybridized carbons (Fsp3) is 0.125. The van der Waals surface area contributed by atoms with Gasteiger partial charge in [-0.3, -0.25) is 24.6 Å². The molecule has 0 spiro atoms. The van der Waals surface area contributed by atoms with Crippen molar-refractivity contribution < 1.29 is 24.4 Å². The van der Waals surface area contributed by atoms with E-state index in [2.05, 4.69) is 5.32 Å². The number of fused-ring (bicyclic) bond motifs is 1. The zero-order chi connectivity index (χ0) is 18.0. The number of nitro benzene ring substituents is 1. The summed E-state index contributed by atoms with van der Waals surface area (Å²) < 4.78 is 5.29. The Bertz CT molecular complexity index is 867. The maximum absolute atomic E-state index is 12.2. The number of carbonyl (C=O) groups is 2. The van der Waals surface area contributed by atoms with Gasteiger partial charge in [-0.1, -0.05) is 12.1 Å². The summed E-state index contributed by atoms with van der Waals surface area (Å²) in [5, 5.41) is 22.9. The molecule has 0 aromatic heterocycles. The first kappa shape index (κ1) is 16.2. The lowest BCUT2D eigenvalue weighted by atomic mass is 10.2. The van der Waals surface area contributed by atoms with E-state index in [1.807, 2.05) is 0 Å². The molecule has 2 N–H and O–H groups in total. The molecule has 25 heavy (non-hydrogen) atoms. The number of aromatic hydroxyl groups is 1. The van der Waals surface area contributed by atoms with Gasteiger partial charge < -0.3 is 15.2 Å². The summed E-state index contributed by atoms with van der Waals surface area (Å²) in [6, 6.07) is 10.1. The fourth-order valence-corrected chi connectivity index (χ4v) is 2.40. The molecule has 9 nitrogen and oxygen atoms in total. The molecule has 1 aliphatic heterocycles. The summed E-state index contributed by atoms with van der Waals surface area (Å²) in [6.45, 7) is -0.456. The Morgan fingerprint density at radius 3 is 2.80 bits per heavy atom. The van der Waals surface area contributed by atoms with Gasteiger partial charge in [-0.15, -0.1) is 0 Å². The number of hydrogen-bond acceptors (Lipinski definition) is 6. The third-order valence-corrected chi connectivity index (χ3v) is 3.58. The molecule has 2 amide bonds. The molecule has 0 atom stereocenters. The third-order valence-electron chi connectivity index (χ3n) is 3.58. The molecule has 2 aromatic rings. The van der Waals surface area contributed by atoms with Gasteiger partial charge >= 0.3 is 0 Å². The molecule has 2 aromatic carbocycles. The molecule has 1 heterocycles. The molecule has 9 heteroatoms. The molecule has 0 saturated carbocycles. The Morgan fingerprint density at radius 1 is 1.32 bits per heavy atom. The van der Waals surface area contributed by atoms with E-state index >= 15 is 0 Å². The van der Waals surface area contributed by atoms with Gasteiger partial charge in [0.1, 0.15) is 18.0 Å².